The van der Waals surface area contributed by atoms with Crippen LogP contribution in [0.3, 0.4) is 0 Å². The fourth-order valence-electron chi connectivity index (χ4n) is 0.747. The molecule has 6 heteroatoms. The molecule has 0 radical (unpaired) electrons. The van der Waals surface area contributed by atoms with Gasteiger partial charge in [-0.2, -0.15) is 0 Å². The number of likely N-dealkylation sites (N-methyl/N-ethyl adjacent to an activating group) is 1. The molecule has 0 spiro atoms. The average Bonchev–Trinajstić information content (AvgIpc) is 2.11. The van der Waals surface area contributed by atoms with Crippen molar-refractivity contribution < 1.29 is 8.42 Å². The van der Waals surface area contributed by atoms with Crippen molar-refractivity contribution in [2.24, 2.45) is 0 Å². The van der Waals surface area contributed by atoms with Crippen LogP contribution in [-0.2, 0) is 10.0 Å². The van der Waals surface area contributed by atoms with E-state index in [9.17, 15) is 8.42 Å². The molecule has 14 heavy (non-hydrogen) atoms. The molecule has 0 aliphatic carbocycles. The molecule has 0 heterocycles. The Labute approximate surface area is 91.7 Å². The summed E-state index contributed by atoms with van der Waals surface area (Å²) >= 11 is 5.42. The summed E-state index contributed by atoms with van der Waals surface area (Å²) in [5.41, 5.74) is 0. The van der Waals surface area contributed by atoms with Crippen molar-refractivity contribution in [3.05, 3.63) is 0 Å². The molecule has 0 aliphatic heterocycles. The van der Waals surface area contributed by atoms with Gasteiger partial charge in [0.1, 0.15) is 0 Å². The normalized spacial score (nSPS) is 14.6. The summed E-state index contributed by atoms with van der Waals surface area (Å²) < 4.78 is 25.2. The Kier molecular flexibility index (Phi) is 6.68. The largest absolute Gasteiger partial charge is 0.305 e. The molecule has 0 aliphatic rings. The van der Waals surface area contributed by atoms with Crippen LogP contribution in [0.5, 0.6) is 0 Å². The lowest BCUT2D eigenvalue weighted by atomic mass is 10.3. The molecule has 1 unspecified atom stereocenters. The number of nitrogens with one attached hydrogen (secondary N) is 1. The SMILES string of the molecule is CC(CNS(=O)(=O)CCCCl)N(C)C. The summed E-state index contributed by atoms with van der Waals surface area (Å²) in [6.45, 7) is 2.40. The van der Waals surface area contributed by atoms with Crippen LogP contribution >= 0.6 is 11.6 Å². The van der Waals surface area contributed by atoms with Gasteiger partial charge in [0.05, 0.1) is 5.75 Å². The second-order valence-electron chi connectivity index (χ2n) is 3.52. The van der Waals surface area contributed by atoms with Crippen molar-refractivity contribution in [3.8, 4) is 0 Å². The Bertz CT molecular complexity index is 242. The van der Waals surface area contributed by atoms with Crippen LogP contribution in [0.4, 0.5) is 0 Å². The van der Waals surface area contributed by atoms with E-state index in [2.05, 4.69) is 4.72 Å². The van der Waals surface area contributed by atoms with Gasteiger partial charge in [-0.05, 0) is 27.4 Å². The van der Waals surface area contributed by atoms with Crippen LogP contribution in [0.2, 0.25) is 0 Å². The van der Waals surface area contributed by atoms with Crippen LogP contribution in [0.1, 0.15) is 13.3 Å². The van der Waals surface area contributed by atoms with E-state index < -0.39 is 10.0 Å². The zero-order valence-corrected chi connectivity index (χ0v) is 10.5. The highest BCUT2D eigenvalue weighted by Gasteiger charge is 2.12. The molecular weight excluding hydrogens is 224 g/mol. The van der Waals surface area contributed by atoms with Crippen molar-refractivity contribution in [2.75, 3.05) is 32.3 Å². The predicted molar refractivity (Wildman–Crippen MR) is 60.3 cm³/mol. The van der Waals surface area contributed by atoms with E-state index in [0.717, 1.165) is 0 Å². The number of alkyl halides is 1. The minimum Gasteiger partial charge on any atom is -0.305 e. The molecule has 0 aromatic heterocycles. The lowest BCUT2D eigenvalue weighted by molar-refractivity contribution is 0.314. The fourth-order valence-corrected chi connectivity index (χ4v) is 2.20. The molecule has 0 fully saturated rings. The van der Waals surface area contributed by atoms with Gasteiger partial charge in [-0.25, -0.2) is 13.1 Å². The third kappa shape index (κ3) is 6.59. The summed E-state index contributed by atoms with van der Waals surface area (Å²) in [5.74, 6) is 0.487. The Hall–Kier alpha value is 0.160. The summed E-state index contributed by atoms with van der Waals surface area (Å²) in [5, 5.41) is 0. The van der Waals surface area contributed by atoms with Gasteiger partial charge in [-0.15, -0.1) is 11.6 Å². The van der Waals surface area contributed by atoms with Crippen molar-refractivity contribution >= 4 is 21.6 Å². The molecular formula is C8H19ClN2O2S. The quantitative estimate of drug-likeness (QED) is 0.661. The fraction of sp³-hybridized carbons (Fsp3) is 1.00. The number of nitrogens with zero attached hydrogens (tertiary/aromatic N) is 1. The average molecular weight is 243 g/mol. The van der Waals surface area contributed by atoms with Crippen LogP contribution < -0.4 is 4.72 Å². The number of sulfonamides is 1. The number of rotatable bonds is 7. The van der Waals surface area contributed by atoms with Gasteiger partial charge in [0.2, 0.25) is 10.0 Å². The van der Waals surface area contributed by atoms with E-state index in [-0.39, 0.29) is 11.8 Å². The maximum atomic E-state index is 11.3. The minimum atomic E-state index is -3.13. The Balaban J connectivity index is 3.87. The zero-order chi connectivity index (χ0) is 11.2. The second kappa shape index (κ2) is 6.61. The van der Waals surface area contributed by atoms with Gasteiger partial charge in [0.25, 0.3) is 0 Å². The first-order valence-corrected chi connectivity index (χ1v) is 6.77. The number of hydrogen-bond acceptors (Lipinski definition) is 3. The third-order valence-electron chi connectivity index (χ3n) is 2.03. The van der Waals surface area contributed by atoms with E-state index in [1.54, 1.807) is 0 Å². The Morgan fingerprint density at radius 1 is 1.43 bits per heavy atom. The number of halogens is 1. The summed E-state index contributed by atoms with van der Waals surface area (Å²) in [6.07, 6.45) is 0.493. The topological polar surface area (TPSA) is 49.4 Å². The second-order valence-corrected chi connectivity index (χ2v) is 5.83. The van der Waals surface area contributed by atoms with Gasteiger partial charge < -0.3 is 4.90 Å². The van der Waals surface area contributed by atoms with Crippen LogP contribution in [0.15, 0.2) is 0 Å². The van der Waals surface area contributed by atoms with Crippen molar-refractivity contribution in [1.29, 1.82) is 0 Å². The molecule has 0 bridgehead atoms. The van der Waals surface area contributed by atoms with Crippen molar-refractivity contribution in [3.63, 3.8) is 0 Å². The summed E-state index contributed by atoms with van der Waals surface area (Å²) in [4.78, 5) is 1.96. The van der Waals surface area contributed by atoms with Gasteiger partial charge in [-0.1, -0.05) is 0 Å². The highest BCUT2D eigenvalue weighted by molar-refractivity contribution is 7.89. The third-order valence-corrected chi connectivity index (χ3v) is 3.73. The number of hydrogen-bond donors (Lipinski definition) is 1. The van der Waals surface area contributed by atoms with Crippen LogP contribution in [0.25, 0.3) is 0 Å². The molecule has 1 N–H and O–H groups in total. The van der Waals surface area contributed by atoms with Crippen molar-refractivity contribution in [2.45, 2.75) is 19.4 Å². The van der Waals surface area contributed by atoms with Gasteiger partial charge in [0, 0.05) is 18.5 Å². The van der Waals surface area contributed by atoms with Gasteiger partial charge >= 0.3 is 0 Å². The molecule has 0 saturated heterocycles. The molecule has 0 aromatic rings. The van der Waals surface area contributed by atoms with E-state index in [4.69, 9.17) is 11.6 Å². The zero-order valence-electron chi connectivity index (χ0n) is 8.96. The molecule has 86 valence electrons. The highest BCUT2D eigenvalue weighted by atomic mass is 35.5. The van der Waals surface area contributed by atoms with Crippen LogP contribution in [-0.4, -0.2) is 51.6 Å². The highest BCUT2D eigenvalue weighted by Crippen LogP contribution is 1.94. The van der Waals surface area contributed by atoms with E-state index in [0.29, 0.717) is 18.8 Å². The molecule has 0 amide bonds. The molecule has 0 saturated carbocycles. The molecule has 4 nitrogen and oxygen atoms in total. The van der Waals surface area contributed by atoms with Crippen molar-refractivity contribution in [1.82, 2.24) is 9.62 Å². The standard InChI is InChI=1S/C8H19ClN2O2S/c1-8(11(2)3)7-10-14(12,13)6-4-5-9/h8,10H,4-7H2,1-3H3. The monoisotopic (exact) mass is 242 g/mol. The maximum absolute atomic E-state index is 11.3. The maximum Gasteiger partial charge on any atom is 0.211 e. The molecule has 0 aromatic carbocycles. The minimum absolute atomic E-state index is 0.108. The lowest BCUT2D eigenvalue weighted by Crippen LogP contribution is -2.39. The first-order chi connectivity index (χ1) is 6.39. The van der Waals surface area contributed by atoms with E-state index in [1.165, 1.54) is 0 Å². The van der Waals surface area contributed by atoms with Gasteiger partial charge in [-0.3, -0.25) is 0 Å². The predicted octanol–water partition coefficient (Wildman–Crippen LogP) is 0.485. The summed E-state index contributed by atoms with van der Waals surface area (Å²) in [7, 11) is 0.695. The molecule has 1 atom stereocenters. The van der Waals surface area contributed by atoms with Crippen LogP contribution in [0, 0.1) is 0 Å². The van der Waals surface area contributed by atoms with E-state index >= 15 is 0 Å². The Morgan fingerprint density at radius 2 is 2.00 bits per heavy atom. The molecule has 0 rings (SSSR count). The van der Waals surface area contributed by atoms with E-state index in [1.807, 2.05) is 25.9 Å². The smallest absolute Gasteiger partial charge is 0.211 e. The lowest BCUT2D eigenvalue weighted by Gasteiger charge is -2.19. The van der Waals surface area contributed by atoms with Gasteiger partial charge in [0.15, 0.2) is 0 Å². The first-order valence-electron chi connectivity index (χ1n) is 4.59. The first kappa shape index (κ1) is 14.2. The Morgan fingerprint density at radius 3 is 2.43 bits per heavy atom. The summed E-state index contributed by atoms with van der Waals surface area (Å²) in [6, 6.07) is 0.195.